The van der Waals surface area contributed by atoms with Gasteiger partial charge in [0.05, 0.1) is 0 Å². The average Bonchev–Trinajstić information content (AvgIpc) is 3.03. The van der Waals surface area contributed by atoms with Crippen molar-refractivity contribution in [2.45, 2.75) is 258 Å². The van der Waals surface area contributed by atoms with Crippen molar-refractivity contribution < 1.29 is 0 Å². The van der Waals surface area contributed by atoms with Crippen LogP contribution in [0.1, 0.15) is 236 Å². The largest absolute Gasteiger partial charge is 0.306 e. The Morgan fingerprint density at radius 1 is 0.328 bits per heavy atom. The summed E-state index contributed by atoms with van der Waals surface area (Å²) in [6.45, 7) is 49.2. The van der Waals surface area contributed by atoms with Gasteiger partial charge < -0.3 is 21.3 Å². The fourth-order valence-electron chi connectivity index (χ4n) is 13.5. The first-order valence-corrected chi connectivity index (χ1v) is 24.1. The Morgan fingerprint density at radius 2 is 0.500 bits per heavy atom. The van der Waals surface area contributed by atoms with E-state index in [1.807, 2.05) is 0 Å². The van der Waals surface area contributed by atoms with Crippen LogP contribution in [-0.4, -0.2) is 44.3 Å². The Balaban J connectivity index is 1.63. The molecule has 4 heterocycles. The highest BCUT2D eigenvalue weighted by Gasteiger charge is 2.49. The lowest BCUT2D eigenvalue weighted by Gasteiger charge is -2.53. The van der Waals surface area contributed by atoms with E-state index in [0.29, 0.717) is 47.3 Å². The van der Waals surface area contributed by atoms with Gasteiger partial charge in [0, 0.05) is 44.3 Å². The van der Waals surface area contributed by atoms with Gasteiger partial charge in [-0.1, -0.05) is 79.7 Å². The zero-order valence-corrected chi connectivity index (χ0v) is 41.6. The van der Waals surface area contributed by atoms with Crippen LogP contribution in [0.25, 0.3) is 10.8 Å². The molecular formula is C54H92N4. The van der Waals surface area contributed by atoms with Crippen LogP contribution in [0.2, 0.25) is 0 Å². The lowest BCUT2D eigenvalue weighted by molar-refractivity contribution is 0.101. The van der Waals surface area contributed by atoms with Crippen LogP contribution < -0.4 is 21.3 Å². The van der Waals surface area contributed by atoms with Crippen molar-refractivity contribution in [3.8, 4) is 0 Å². The molecule has 4 aliphatic rings. The highest BCUT2D eigenvalue weighted by molar-refractivity contribution is 5.87. The Morgan fingerprint density at radius 3 is 0.655 bits per heavy atom. The molecule has 328 valence electrons. The fourth-order valence-corrected chi connectivity index (χ4v) is 13.5. The molecule has 4 aliphatic heterocycles. The maximum Gasteiger partial charge on any atom is 0.0187 e. The van der Waals surface area contributed by atoms with Crippen LogP contribution in [0, 0.1) is 23.7 Å². The molecule has 0 radical (unpaired) electrons. The lowest BCUT2D eigenvalue weighted by atomic mass is 9.63. The van der Waals surface area contributed by atoms with E-state index < -0.39 is 0 Å². The molecular weight excluding hydrogens is 705 g/mol. The van der Waals surface area contributed by atoms with Crippen molar-refractivity contribution in [1.29, 1.82) is 0 Å². The number of nitrogens with one attached hydrogen (secondary N) is 4. The van der Waals surface area contributed by atoms with Crippen LogP contribution in [-0.2, 0) is 0 Å². The maximum absolute atomic E-state index is 4.17. The van der Waals surface area contributed by atoms with E-state index in [-0.39, 0.29) is 44.3 Å². The molecule has 4 fully saturated rings. The first-order valence-electron chi connectivity index (χ1n) is 24.1. The molecule has 0 bridgehead atoms. The summed E-state index contributed by atoms with van der Waals surface area (Å²) in [6.07, 6.45) is 9.40. The zero-order valence-electron chi connectivity index (χ0n) is 41.6. The number of hydrogen-bond donors (Lipinski definition) is 4. The van der Waals surface area contributed by atoms with E-state index in [0.717, 1.165) is 0 Å². The summed E-state index contributed by atoms with van der Waals surface area (Å²) in [6, 6.07) is 11.0. The van der Waals surface area contributed by atoms with Gasteiger partial charge in [-0.15, -0.1) is 0 Å². The van der Waals surface area contributed by atoms with Crippen LogP contribution >= 0.6 is 0 Å². The second-order valence-corrected chi connectivity index (χ2v) is 26.1. The minimum Gasteiger partial charge on any atom is -0.306 e. The van der Waals surface area contributed by atoms with E-state index in [4.69, 9.17) is 0 Å². The summed E-state index contributed by atoms with van der Waals surface area (Å²) in [5.41, 5.74) is 7.19. The quantitative estimate of drug-likeness (QED) is 0.215. The van der Waals surface area contributed by atoms with E-state index in [1.165, 1.54) is 62.1 Å². The summed E-state index contributed by atoms with van der Waals surface area (Å²) >= 11 is 0. The molecule has 2 aromatic rings. The third-order valence-electron chi connectivity index (χ3n) is 17.3. The first-order chi connectivity index (χ1) is 26.3. The first kappa shape index (κ1) is 46.1. The Hall–Kier alpha value is -1.46. The molecule has 0 aromatic heterocycles. The molecule has 0 saturated carbocycles. The molecule has 8 atom stereocenters. The minimum atomic E-state index is 0.0654. The highest BCUT2D eigenvalue weighted by Crippen LogP contribution is 2.52. The van der Waals surface area contributed by atoms with Gasteiger partial charge in [-0.05, 0) is 215 Å². The van der Waals surface area contributed by atoms with Crippen molar-refractivity contribution in [1.82, 2.24) is 21.3 Å². The summed E-state index contributed by atoms with van der Waals surface area (Å²) in [4.78, 5) is 0. The second kappa shape index (κ2) is 15.1. The van der Waals surface area contributed by atoms with Gasteiger partial charge in [0.1, 0.15) is 0 Å². The fraction of sp³-hybridized carbons (Fsp3) is 0.815. The third-order valence-corrected chi connectivity index (χ3v) is 17.3. The molecule has 8 unspecified atom stereocenters. The molecule has 0 aliphatic carbocycles. The van der Waals surface area contributed by atoms with Crippen LogP contribution in [0.3, 0.4) is 0 Å². The Bertz CT molecular complexity index is 1560. The van der Waals surface area contributed by atoms with Crippen LogP contribution in [0.4, 0.5) is 0 Å². The van der Waals surface area contributed by atoms with E-state index >= 15 is 0 Å². The topological polar surface area (TPSA) is 48.1 Å². The molecule has 0 spiro atoms. The molecule has 58 heavy (non-hydrogen) atoms. The van der Waals surface area contributed by atoms with Crippen molar-refractivity contribution in [2.75, 3.05) is 0 Å². The molecule has 6 rings (SSSR count). The van der Waals surface area contributed by atoms with Gasteiger partial charge >= 0.3 is 0 Å². The van der Waals surface area contributed by atoms with Crippen molar-refractivity contribution in [3.63, 3.8) is 0 Å². The Kier molecular flexibility index (Phi) is 12.0. The van der Waals surface area contributed by atoms with Crippen LogP contribution in [0.5, 0.6) is 0 Å². The summed E-state index contributed by atoms with van der Waals surface area (Å²) in [5.74, 6) is 4.25. The monoisotopic (exact) mass is 797 g/mol. The number of rotatable bonds is 8. The molecule has 0 amide bonds. The molecule has 4 nitrogen and oxygen atoms in total. The van der Waals surface area contributed by atoms with Gasteiger partial charge in [-0.3, -0.25) is 0 Å². The van der Waals surface area contributed by atoms with E-state index in [2.05, 4.69) is 184 Å². The smallest absolute Gasteiger partial charge is 0.0187 e. The number of fused-ring (bicyclic) bond motifs is 1. The SMILES string of the molecule is CC(C)C1(C)CC(c2cc3cc(C4CC(C)(C)NC(C)(C(C)C)C4)c(C4CC(C)(C)NC(C)(C(C)C)C4)cc3cc2C2CC(C)(C)NC(C)(C(C)C)C2)CC(C)(C)N1. The van der Waals surface area contributed by atoms with E-state index in [9.17, 15) is 0 Å². The second-order valence-electron chi connectivity index (χ2n) is 26.1. The van der Waals surface area contributed by atoms with Gasteiger partial charge in [0.25, 0.3) is 0 Å². The predicted molar refractivity (Wildman–Crippen MR) is 254 cm³/mol. The number of benzene rings is 2. The van der Waals surface area contributed by atoms with Gasteiger partial charge in [-0.2, -0.15) is 0 Å². The third kappa shape index (κ3) is 9.17. The van der Waals surface area contributed by atoms with Gasteiger partial charge in [0.15, 0.2) is 0 Å². The molecule has 4 heteroatoms. The zero-order chi connectivity index (χ0) is 43.4. The normalized spacial score (nSPS) is 37.6. The Labute approximate surface area is 358 Å². The highest BCUT2D eigenvalue weighted by atomic mass is 15.1. The molecule has 4 saturated heterocycles. The molecule has 4 N–H and O–H groups in total. The average molecular weight is 797 g/mol. The minimum absolute atomic E-state index is 0.0654. The molecule has 2 aromatic carbocycles. The summed E-state index contributed by atoms with van der Waals surface area (Å²) in [5, 5.41) is 19.6. The number of piperidine rings is 4. The van der Waals surface area contributed by atoms with Gasteiger partial charge in [0.2, 0.25) is 0 Å². The summed E-state index contributed by atoms with van der Waals surface area (Å²) in [7, 11) is 0. The van der Waals surface area contributed by atoms with Crippen molar-refractivity contribution in [3.05, 3.63) is 46.5 Å². The van der Waals surface area contributed by atoms with Crippen LogP contribution in [0.15, 0.2) is 24.3 Å². The van der Waals surface area contributed by atoms with Crippen molar-refractivity contribution in [2.24, 2.45) is 23.7 Å². The predicted octanol–water partition coefficient (Wildman–Crippen LogP) is 13.5. The standard InChI is InChI=1S/C54H92N4/c1-33(2)51(17)29-39(25-47(9,10)55-51)43-21-37-23-45(41-27-49(13,14)57-53(19,31-41)35(5)6)46(42-28-50(15,16)58-54(20,32-42)36(7)8)24-38(37)22-44(43)40-26-48(11,12)56-52(18,30-40)34(3)4/h21-24,33-36,39-42,55-58H,25-32H2,1-20H3. The summed E-state index contributed by atoms with van der Waals surface area (Å²) < 4.78 is 0. The van der Waals surface area contributed by atoms with Gasteiger partial charge in [-0.25, -0.2) is 0 Å². The van der Waals surface area contributed by atoms with E-state index in [1.54, 1.807) is 22.3 Å². The number of hydrogen-bond acceptors (Lipinski definition) is 4. The lowest BCUT2D eigenvalue weighted by Crippen LogP contribution is -2.62. The maximum atomic E-state index is 4.17. The van der Waals surface area contributed by atoms with Crippen molar-refractivity contribution >= 4 is 10.8 Å².